The second-order valence-corrected chi connectivity index (χ2v) is 5.60. The van der Waals surface area contributed by atoms with Gasteiger partial charge in [-0.2, -0.15) is 5.10 Å². The van der Waals surface area contributed by atoms with E-state index in [0.29, 0.717) is 0 Å². The Hall–Kier alpha value is -1.82. The number of aliphatic imine (C=N–C) groups is 1. The first-order valence-corrected chi connectivity index (χ1v) is 7.63. The highest BCUT2D eigenvalue weighted by molar-refractivity contribution is 7.11. The maximum atomic E-state index is 4.22. The van der Waals surface area contributed by atoms with Crippen molar-refractivity contribution in [3.05, 3.63) is 40.3 Å². The smallest absolute Gasteiger partial charge is 0.191 e. The largest absolute Gasteiger partial charge is 0.355 e. The van der Waals surface area contributed by atoms with Crippen molar-refractivity contribution in [2.45, 2.75) is 26.4 Å². The van der Waals surface area contributed by atoms with Crippen LogP contribution in [0.4, 0.5) is 0 Å². The van der Waals surface area contributed by atoms with Crippen LogP contribution in [0.2, 0.25) is 0 Å². The van der Waals surface area contributed by atoms with Gasteiger partial charge in [0.05, 0.1) is 13.1 Å². The molecular weight excluding hydrogens is 270 g/mol. The third-order valence-electron chi connectivity index (χ3n) is 2.91. The van der Waals surface area contributed by atoms with Gasteiger partial charge in [0.25, 0.3) is 0 Å². The van der Waals surface area contributed by atoms with Gasteiger partial charge < -0.3 is 10.6 Å². The van der Waals surface area contributed by atoms with Gasteiger partial charge in [-0.25, -0.2) is 0 Å². The fourth-order valence-electron chi connectivity index (χ4n) is 1.82. The van der Waals surface area contributed by atoms with Gasteiger partial charge in [-0.15, -0.1) is 11.3 Å². The Balaban J connectivity index is 1.72. The Kier molecular flexibility index (Phi) is 5.61. The molecule has 6 heteroatoms. The second kappa shape index (κ2) is 7.69. The van der Waals surface area contributed by atoms with Crippen LogP contribution in [0.3, 0.4) is 0 Å². The molecule has 0 aromatic carbocycles. The lowest BCUT2D eigenvalue weighted by atomic mass is 10.4. The fraction of sp³-hybridized carbons (Fsp3) is 0.429. The molecule has 2 heterocycles. The van der Waals surface area contributed by atoms with E-state index in [0.717, 1.165) is 32.0 Å². The van der Waals surface area contributed by atoms with Crippen LogP contribution in [0, 0.1) is 0 Å². The van der Waals surface area contributed by atoms with Crippen molar-refractivity contribution in [3.63, 3.8) is 0 Å². The van der Waals surface area contributed by atoms with Crippen molar-refractivity contribution in [2.24, 2.45) is 4.99 Å². The number of aromatic nitrogens is 2. The highest BCUT2D eigenvalue weighted by Crippen LogP contribution is 2.16. The molecular formula is C14H21N5S. The Morgan fingerprint density at radius 3 is 2.85 bits per heavy atom. The first-order valence-electron chi connectivity index (χ1n) is 6.81. The summed E-state index contributed by atoms with van der Waals surface area (Å²) in [5.41, 5.74) is 0. The summed E-state index contributed by atoms with van der Waals surface area (Å²) in [5, 5.41) is 10.8. The van der Waals surface area contributed by atoms with E-state index >= 15 is 0 Å². The Morgan fingerprint density at radius 2 is 2.20 bits per heavy atom. The highest BCUT2D eigenvalue weighted by atomic mass is 32.1. The van der Waals surface area contributed by atoms with Crippen LogP contribution >= 0.6 is 11.3 Å². The van der Waals surface area contributed by atoms with Crippen molar-refractivity contribution in [1.29, 1.82) is 0 Å². The zero-order chi connectivity index (χ0) is 14.2. The van der Waals surface area contributed by atoms with Crippen LogP contribution in [0.5, 0.6) is 0 Å². The Bertz CT molecular complexity index is 530. The summed E-state index contributed by atoms with van der Waals surface area (Å²) < 4.78 is 1.90. The van der Waals surface area contributed by atoms with Crippen molar-refractivity contribution in [3.8, 4) is 0 Å². The molecule has 0 aliphatic heterocycles. The zero-order valence-corrected chi connectivity index (χ0v) is 12.8. The highest BCUT2D eigenvalue weighted by Gasteiger charge is 2.01. The first kappa shape index (κ1) is 14.6. The van der Waals surface area contributed by atoms with Gasteiger partial charge in [0.1, 0.15) is 0 Å². The average molecular weight is 291 g/mol. The van der Waals surface area contributed by atoms with Crippen molar-refractivity contribution in [1.82, 2.24) is 20.4 Å². The zero-order valence-electron chi connectivity index (χ0n) is 12.0. The van der Waals surface area contributed by atoms with Crippen molar-refractivity contribution >= 4 is 17.3 Å². The molecule has 0 spiro atoms. The van der Waals surface area contributed by atoms with E-state index < -0.39 is 0 Å². The van der Waals surface area contributed by atoms with Gasteiger partial charge in [-0.3, -0.25) is 9.67 Å². The maximum absolute atomic E-state index is 4.22. The number of nitrogens with zero attached hydrogens (tertiary/aromatic N) is 3. The summed E-state index contributed by atoms with van der Waals surface area (Å²) in [6.07, 6.45) is 4.84. The molecule has 0 radical (unpaired) electrons. The van der Waals surface area contributed by atoms with Crippen molar-refractivity contribution < 1.29 is 0 Å². The SMILES string of the molecule is CCc1ccc(CNC(=NC)NCCn2cccn2)s1. The van der Waals surface area contributed by atoms with Gasteiger partial charge in [-0.05, 0) is 24.6 Å². The van der Waals surface area contributed by atoms with Crippen LogP contribution in [0.15, 0.2) is 35.6 Å². The molecule has 0 bridgehead atoms. The molecule has 0 unspecified atom stereocenters. The van der Waals surface area contributed by atoms with E-state index in [1.807, 2.05) is 28.3 Å². The molecule has 2 rings (SSSR count). The standard InChI is InChI=1S/C14H21N5S/c1-3-12-5-6-13(20-12)11-17-14(15-2)16-8-10-19-9-4-7-18-19/h4-7,9H,3,8,10-11H2,1-2H3,(H2,15,16,17). The molecule has 0 saturated heterocycles. The quantitative estimate of drug-likeness (QED) is 0.631. The number of nitrogens with one attached hydrogen (secondary N) is 2. The maximum Gasteiger partial charge on any atom is 0.191 e. The summed E-state index contributed by atoms with van der Waals surface area (Å²) >= 11 is 1.85. The van der Waals surface area contributed by atoms with Crippen LogP contribution in [0.1, 0.15) is 16.7 Å². The number of rotatable bonds is 6. The summed E-state index contributed by atoms with van der Waals surface area (Å²) in [4.78, 5) is 6.97. The minimum atomic E-state index is 0.798. The van der Waals surface area contributed by atoms with E-state index in [1.54, 1.807) is 13.2 Å². The van der Waals surface area contributed by atoms with Gasteiger partial charge >= 0.3 is 0 Å². The molecule has 0 atom stereocenters. The predicted octanol–water partition coefficient (Wildman–Crippen LogP) is 1.87. The molecule has 108 valence electrons. The van der Waals surface area contributed by atoms with Crippen LogP contribution < -0.4 is 10.6 Å². The summed E-state index contributed by atoms with van der Waals surface area (Å²) in [6.45, 7) is 4.61. The second-order valence-electron chi connectivity index (χ2n) is 4.34. The van der Waals surface area contributed by atoms with Gasteiger partial charge in [0, 0.05) is 35.7 Å². The molecule has 20 heavy (non-hydrogen) atoms. The molecule has 0 aliphatic carbocycles. The lowest BCUT2D eigenvalue weighted by molar-refractivity contribution is 0.598. The molecule has 0 fully saturated rings. The summed E-state index contributed by atoms with van der Waals surface area (Å²) in [7, 11) is 1.79. The molecule has 2 N–H and O–H groups in total. The third kappa shape index (κ3) is 4.38. The van der Waals surface area contributed by atoms with E-state index in [1.165, 1.54) is 9.75 Å². The summed E-state index contributed by atoms with van der Waals surface area (Å²) in [6, 6.07) is 6.29. The molecule has 0 aliphatic rings. The molecule has 5 nitrogen and oxygen atoms in total. The van der Waals surface area contributed by atoms with E-state index in [-0.39, 0.29) is 0 Å². The minimum absolute atomic E-state index is 0.798. The van der Waals surface area contributed by atoms with E-state index in [9.17, 15) is 0 Å². The third-order valence-corrected chi connectivity index (χ3v) is 4.14. The number of hydrogen-bond acceptors (Lipinski definition) is 3. The first-order chi connectivity index (χ1) is 9.81. The topological polar surface area (TPSA) is 54.2 Å². The predicted molar refractivity (Wildman–Crippen MR) is 84.1 cm³/mol. The number of guanidine groups is 1. The fourth-order valence-corrected chi connectivity index (χ4v) is 2.72. The number of aryl methyl sites for hydroxylation is 1. The van der Waals surface area contributed by atoms with Crippen LogP contribution in [0.25, 0.3) is 0 Å². The van der Waals surface area contributed by atoms with Crippen molar-refractivity contribution in [2.75, 3.05) is 13.6 Å². The van der Waals surface area contributed by atoms with E-state index in [4.69, 9.17) is 0 Å². The van der Waals surface area contributed by atoms with Gasteiger partial charge in [-0.1, -0.05) is 6.92 Å². The Labute approximate surface area is 123 Å². The minimum Gasteiger partial charge on any atom is -0.355 e. The number of hydrogen-bond donors (Lipinski definition) is 2. The monoisotopic (exact) mass is 291 g/mol. The molecule has 0 saturated carbocycles. The lowest BCUT2D eigenvalue weighted by Crippen LogP contribution is -2.38. The van der Waals surface area contributed by atoms with E-state index in [2.05, 4.69) is 39.8 Å². The average Bonchev–Trinajstić information content (AvgIpc) is 3.13. The molecule has 0 amide bonds. The normalized spacial score (nSPS) is 11.6. The van der Waals surface area contributed by atoms with Gasteiger partial charge in [0.2, 0.25) is 0 Å². The molecule has 2 aromatic heterocycles. The Morgan fingerprint density at radius 1 is 1.35 bits per heavy atom. The van der Waals surface area contributed by atoms with Gasteiger partial charge in [0.15, 0.2) is 5.96 Å². The lowest BCUT2D eigenvalue weighted by Gasteiger charge is -2.11. The molecule has 2 aromatic rings. The van der Waals surface area contributed by atoms with Crippen LogP contribution in [-0.4, -0.2) is 29.3 Å². The number of thiophene rings is 1. The summed E-state index contributed by atoms with van der Waals surface area (Å²) in [5.74, 6) is 0.823. The van der Waals surface area contributed by atoms with Crippen LogP contribution in [-0.2, 0) is 19.5 Å².